The van der Waals surface area contributed by atoms with Gasteiger partial charge in [-0.05, 0) is 18.2 Å². The Labute approximate surface area is 97.9 Å². The second-order valence-electron chi connectivity index (χ2n) is 3.32. The van der Waals surface area contributed by atoms with Gasteiger partial charge in [0.2, 0.25) is 0 Å². The average molecular weight is 229 g/mol. The number of rotatable bonds is 3. The van der Waals surface area contributed by atoms with E-state index in [0.29, 0.717) is 12.2 Å². The van der Waals surface area contributed by atoms with Gasteiger partial charge < -0.3 is 11.1 Å². The summed E-state index contributed by atoms with van der Waals surface area (Å²) in [6.45, 7) is 0.317. The highest BCUT2D eigenvalue weighted by Gasteiger charge is 2.09. The van der Waals surface area contributed by atoms with Crippen molar-refractivity contribution in [3.8, 4) is 0 Å². The maximum atomic E-state index is 11.7. The van der Waals surface area contributed by atoms with Gasteiger partial charge in [0.15, 0.2) is 5.69 Å². The van der Waals surface area contributed by atoms with E-state index in [2.05, 4.69) is 20.3 Å². The second kappa shape index (κ2) is 5.02. The third kappa shape index (κ3) is 2.75. The number of nitrogen functional groups attached to an aromatic ring is 1. The second-order valence-corrected chi connectivity index (χ2v) is 3.32. The summed E-state index contributed by atoms with van der Waals surface area (Å²) in [5.74, 6) is -0.318. The van der Waals surface area contributed by atoms with E-state index >= 15 is 0 Å². The Morgan fingerprint density at radius 2 is 2.18 bits per heavy atom. The zero-order valence-corrected chi connectivity index (χ0v) is 9.00. The molecule has 0 aromatic carbocycles. The minimum absolute atomic E-state index is 0.224. The largest absolute Gasteiger partial charge is 0.397 e. The number of aromatic nitrogens is 3. The lowest BCUT2D eigenvalue weighted by molar-refractivity contribution is 0.0946. The van der Waals surface area contributed by atoms with Gasteiger partial charge in [-0.1, -0.05) is 0 Å². The number of carbonyl (C=O) groups is 1. The summed E-state index contributed by atoms with van der Waals surface area (Å²) in [7, 11) is 0. The lowest BCUT2D eigenvalue weighted by Crippen LogP contribution is -2.25. The van der Waals surface area contributed by atoms with Crippen molar-refractivity contribution in [2.24, 2.45) is 0 Å². The molecular weight excluding hydrogens is 218 g/mol. The van der Waals surface area contributed by atoms with Gasteiger partial charge >= 0.3 is 0 Å². The van der Waals surface area contributed by atoms with Crippen LogP contribution in [0.3, 0.4) is 0 Å². The Morgan fingerprint density at radius 3 is 2.88 bits per heavy atom. The van der Waals surface area contributed by atoms with Crippen LogP contribution < -0.4 is 11.1 Å². The third-order valence-corrected chi connectivity index (χ3v) is 2.13. The van der Waals surface area contributed by atoms with E-state index < -0.39 is 0 Å². The van der Waals surface area contributed by atoms with Gasteiger partial charge in [0.1, 0.15) is 6.33 Å². The molecule has 6 heteroatoms. The molecule has 2 aromatic rings. The summed E-state index contributed by atoms with van der Waals surface area (Å²) in [4.78, 5) is 23.4. The summed E-state index contributed by atoms with van der Waals surface area (Å²) in [5, 5.41) is 2.68. The van der Waals surface area contributed by atoms with Gasteiger partial charge in [-0.2, -0.15) is 0 Å². The number of amides is 1. The Morgan fingerprint density at radius 1 is 1.29 bits per heavy atom. The van der Waals surface area contributed by atoms with Crippen LogP contribution in [-0.4, -0.2) is 20.9 Å². The normalized spacial score (nSPS) is 9.88. The van der Waals surface area contributed by atoms with Crippen LogP contribution in [0, 0.1) is 0 Å². The highest BCUT2D eigenvalue weighted by molar-refractivity contribution is 5.96. The first-order valence-electron chi connectivity index (χ1n) is 5.01. The number of hydrogen-bond donors (Lipinski definition) is 2. The maximum absolute atomic E-state index is 11.7. The van der Waals surface area contributed by atoms with Crippen molar-refractivity contribution in [2.45, 2.75) is 6.54 Å². The standard InChI is InChI=1S/C11H11N5O/c12-9-2-1-4-14-10(9)11(17)15-6-8-3-5-13-7-16-8/h1-5,7H,6,12H2,(H,15,17). The molecule has 0 saturated carbocycles. The van der Waals surface area contributed by atoms with E-state index in [1.54, 1.807) is 24.4 Å². The summed E-state index contributed by atoms with van der Waals surface area (Å²) in [6, 6.07) is 5.03. The van der Waals surface area contributed by atoms with Gasteiger partial charge in [-0.15, -0.1) is 0 Å². The molecule has 2 aromatic heterocycles. The van der Waals surface area contributed by atoms with Crippen molar-refractivity contribution in [1.82, 2.24) is 20.3 Å². The lowest BCUT2D eigenvalue weighted by Gasteiger charge is -2.05. The summed E-state index contributed by atoms with van der Waals surface area (Å²) >= 11 is 0. The molecule has 0 aliphatic carbocycles. The number of nitrogens with zero attached hydrogens (tertiary/aromatic N) is 3. The van der Waals surface area contributed by atoms with Crippen LogP contribution in [0.4, 0.5) is 5.69 Å². The predicted octanol–water partition coefficient (Wildman–Crippen LogP) is 0.384. The number of anilines is 1. The fourth-order valence-electron chi connectivity index (χ4n) is 1.28. The molecule has 86 valence electrons. The molecule has 0 atom stereocenters. The summed E-state index contributed by atoms with van der Waals surface area (Å²) < 4.78 is 0. The van der Waals surface area contributed by atoms with Crippen LogP contribution in [-0.2, 0) is 6.54 Å². The minimum Gasteiger partial charge on any atom is -0.397 e. The Bertz CT molecular complexity index is 514. The van der Waals surface area contributed by atoms with Crippen LogP contribution in [0.1, 0.15) is 16.2 Å². The number of pyridine rings is 1. The van der Waals surface area contributed by atoms with Crippen molar-refractivity contribution in [1.29, 1.82) is 0 Å². The molecule has 0 saturated heterocycles. The minimum atomic E-state index is -0.318. The number of carbonyl (C=O) groups excluding carboxylic acids is 1. The molecule has 0 unspecified atom stereocenters. The third-order valence-electron chi connectivity index (χ3n) is 2.13. The molecule has 0 radical (unpaired) electrons. The molecule has 0 fully saturated rings. The first-order valence-corrected chi connectivity index (χ1v) is 5.01. The zero-order valence-electron chi connectivity index (χ0n) is 9.00. The highest BCUT2D eigenvalue weighted by Crippen LogP contribution is 2.06. The monoisotopic (exact) mass is 229 g/mol. The maximum Gasteiger partial charge on any atom is 0.272 e. The van der Waals surface area contributed by atoms with E-state index in [0.717, 1.165) is 5.69 Å². The van der Waals surface area contributed by atoms with Gasteiger partial charge in [0, 0.05) is 12.4 Å². The smallest absolute Gasteiger partial charge is 0.272 e. The van der Waals surface area contributed by atoms with Crippen LogP contribution in [0.5, 0.6) is 0 Å². The van der Waals surface area contributed by atoms with Crippen LogP contribution >= 0.6 is 0 Å². The Balaban J connectivity index is 2.01. The van der Waals surface area contributed by atoms with E-state index in [4.69, 9.17) is 5.73 Å². The van der Waals surface area contributed by atoms with E-state index in [1.165, 1.54) is 12.5 Å². The zero-order chi connectivity index (χ0) is 12.1. The SMILES string of the molecule is Nc1cccnc1C(=O)NCc1ccncn1. The Kier molecular flexibility index (Phi) is 3.25. The molecule has 0 aliphatic rings. The van der Waals surface area contributed by atoms with Gasteiger partial charge in [-0.25, -0.2) is 15.0 Å². The van der Waals surface area contributed by atoms with Crippen LogP contribution in [0.25, 0.3) is 0 Å². The molecule has 1 amide bonds. The summed E-state index contributed by atoms with van der Waals surface area (Å²) in [5.41, 5.74) is 6.94. The van der Waals surface area contributed by atoms with Crippen molar-refractivity contribution < 1.29 is 4.79 Å². The number of hydrogen-bond acceptors (Lipinski definition) is 5. The molecule has 0 aliphatic heterocycles. The van der Waals surface area contributed by atoms with Crippen molar-refractivity contribution in [2.75, 3.05) is 5.73 Å². The van der Waals surface area contributed by atoms with Gasteiger partial charge in [0.05, 0.1) is 17.9 Å². The molecule has 2 heterocycles. The van der Waals surface area contributed by atoms with Crippen molar-refractivity contribution in [3.05, 3.63) is 48.3 Å². The van der Waals surface area contributed by atoms with Crippen molar-refractivity contribution in [3.63, 3.8) is 0 Å². The molecule has 6 nitrogen and oxygen atoms in total. The van der Waals surface area contributed by atoms with E-state index in [1.807, 2.05) is 0 Å². The quantitative estimate of drug-likeness (QED) is 0.793. The highest BCUT2D eigenvalue weighted by atomic mass is 16.1. The molecule has 0 bridgehead atoms. The molecule has 17 heavy (non-hydrogen) atoms. The van der Waals surface area contributed by atoms with Gasteiger partial charge in [-0.3, -0.25) is 4.79 Å². The number of nitrogens with one attached hydrogen (secondary N) is 1. The predicted molar refractivity (Wildman–Crippen MR) is 61.9 cm³/mol. The Hall–Kier alpha value is -2.50. The first-order chi connectivity index (χ1) is 8.27. The van der Waals surface area contributed by atoms with Crippen LogP contribution in [0.15, 0.2) is 36.9 Å². The lowest BCUT2D eigenvalue weighted by atomic mass is 10.3. The fourth-order valence-corrected chi connectivity index (χ4v) is 1.28. The average Bonchev–Trinajstić information content (AvgIpc) is 2.38. The fraction of sp³-hybridized carbons (Fsp3) is 0.0909. The molecule has 0 spiro atoms. The van der Waals surface area contributed by atoms with Gasteiger partial charge in [0.25, 0.3) is 5.91 Å². The van der Waals surface area contributed by atoms with Crippen molar-refractivity contribution >= 4 is 11.6 Å². The first kappa shape index (κ1) is 11.0. The van der Waals surface area contributed by atoms with E-state index in [9.17, 15) is 4.79 Å². The molecular formula is C11H11N5O. The van der Waals surface area contributed by atoms with Crippen LogP contribution in [0.2, 0.25) is 0 Å². The number of nitrogens with two attached hydrogens (primary N) is 1. The summed E-state index contributed by atoms with van der Waals surface area (Å²) in [6.07, 6.45) is 4.57. The molecule has 2 rings (SSSR count). The van der Waals surface area contributed by atoms with E-state index in [-0.39, 0.29) is 11.6 Å². The molecule has 3 N–H and O–H groups in total. The topological polar surface area (TPSA) is 93.8 Å².